The molecule has 0 unspecified atom stereocenters. The summed E-state index contributed by atoms with van der Waals surface area (Å²) in [6.07, 6.45) is 3.61. The third-order valence-electron chi connectivity index (χ3n) is 3.32. The molecule has 0 aliphatic rings. The summed E-state index contributed by atoms with van der Waals surface area (Å²) in [6, 6.07) is 13.8. The molecule has 2 N–H and O–H groups in total. The van der Waals surface area contributed by atoms with Crippen molar-refractivity contribution in [3.63, 3.8) is 0 Å². The van der Waals surface area contributed by atoms with Crippen molar-refractivity contribution in [3.8, 4) is 0 Å². The molecule has 4 nitrogen and oxygen atoms in total. The largest absolute Gasteiger partial charge is 0.397 e. The lowest BCUT2D eigenvalue weighted by Crippen LogP contribution is -2.17. The van der Waals surface area contributed by atoms with E-state index in [4.69, 9.17) is 5.73 Å². The van der Waals surface area contributed by atoms with Crippen molar-refractivity contribution in [2.24, 2.45) is 0 Å². The van der Waals surface area contributed by atoms with E-state index in [0.29, 0.717) is 5.69 Å². The fourth-order valence-electron chi connectivity index (χ4n) is 2.34. The Morgan fingerprint density at radius 3 is 2.70 bits per heavy atom. The van der Waals surface area contributed by atoms with Crippen LogP contribution < -0.4 is 10.6 Å². The van der Waals surface area contributed by atoms with Crippen LogP contribution in [-0.4, -0.2) is 17.0 Å². The maximum absolute atomic E-state index is 5.98. The van der Waals surface area contributed by atoms with E-state index in [1.54, 1.807) is 6.20 Å². The van der Waals surface area contributed by atoms with Gasteiger partial charge in [0, 0.05) is 30.5 Å². The highest BCUT2D eigenvalue weighted by molar-refractivity contribution is 5.97. The lowest BCUT2D eigenvalue weighted by molar-refractivity contribution is 0.888. The summed E-state index contributed by atoms with van der Waals surface area (Å²) in [7, 11) is 2.05. The molecular weight excluding hydrogens is 248 g/mol. The van der Waals surface area contributed by atoms with Gasteiger partial charge in [-0.3, -0.25) is 9.97 Å². The second-order valence-electron chi connectivity index (χ2n) is 4.75. The number of fused-ring (bicyclic) bond motifs is 1. The minimum atomic E-state index is 0.704. The Morgan fingerprint density at radius 2 is 1.90 bits per heavy atom. The number of aromatic nitrogens is 2. The predicted molar refractivity (Wildman–Crippen MR) is 82.5 cm³/mol. The molecule has 0 fully saturated rings. The van der Waals surface area contributed by atoms with Crippen molar-refractivity contribution in [1.82, 2.24) is 9.97 Å². The Morgan fingerprint density at radius 1 is 1.00 bits per heavy atom. The molecular formula is C16H16N4. The van der Waals surface area contributed by atoms with E-state index in [1.807, 2.05) is 55.7 Å². The maximum Gasteiger partial charge on any atom is 0.0951 e. The molecule has 0 saturated heterocycles. The number of benzene rings is 1. The van der Waals surface area contributed by atoms with Gasteiger partial charge in [0.05, 0.1) is 23.4 Å². The zero-order valence-electron chi connectivity index (χ0n) is 11.3. The molecule has 2 aromatic heterocycles. The average molecular weight is 264 g/mol. The van der Waals surface area contributed by atoms with Crippen LogP contribution in [0.1, 0.15) is 5.69 Å². The van der Waals surface area contributed by atoms with E-state index in [9.17, 15) is 0 Å². The van der Waals surface area contributed by atoms with Crippen LogP contribution in [0.15, 0.2) is 54.9 Å². The molecule has 0 bridgehead atoms. The zero-order chi connectivity index (χ0) is 13.9. The molecule has 0 saturated carbocycles. The van der Waals surface area contributed by atoms with E-state index in [1.165, 1.54) is 0 Å². The van der Waals surface area contributed by atoms with Crippen LogP contribution in [0.5, 0.6) is 0 Å². The van der Waals surface area contributed by atoms with Crippen LogP contribution in [0, 0.1) is 0 Å². The first-order valence-electron chi connectivity index (χ1n) is 6.50. The number of para-hydroxylation sites is 1. The summed E-state index contributed by atoms with van der Waals surface area (Å²) in [5.74, 6) is 0. The van der Waals surface area contributed by atoms with Crippen LogP contribution in [0.25, 0.3) is 10.9 Å². The standard InChI is InChI=1S/C16H16N4/c1-20(11-12-5-2-3-9-18-12)15-8-10-19-16-13(15)6-4-7-14(16)17/h2-10H,11,17H2,1H3. The van der Waals surface area contributed by atoms with Gasteiger partial charge in [0.2, 0.25) is 0 Å². The molecule has 2 heterocycles. The number of hydrogen-bond acceptors (Lipinski definition) is 4. The summed E-state index contributed by atoms with van der Waals surface area (Å²) in [5.41, 5.74) is 9.67. The van der Waals surface area contributed by atoms with Gasteiger partial charge in [-0.1, -0.05) is 18.2 Å². The molecule has 0 aliphatic heterocycles. The topological polar surface area (TPSA) is 55.0 Å². The second-order valence-corrected chi connectivity index (χ2v) is 4.75. The van der Waals surface area contributed by atoms with Crippen molar-refractivity contribution in [2.75, 3.05) is 17.7 Å². The predicted octanol–water partition coefficient (Wildman–Crippen LogP) is 2.85. The first-order valence-corrected chi connectivity index (χ1v) is 6.50. The third kappa shape index (κ3) is 2.28. The molecule has 0 amide bonds. The van der Waals surface area contributed by atoms with E-state index in [0.717, 1.165) is 28.8 Å². The summed E-state index contributed by atoms with van der Waals surface area (Å²) in [4.78, 5) is 10.9. The molecule has 100 valence electrons. The van der Waals surface area contributed by atoms with Gasteiger partial charge >= 0.3 is 0 Å². The lowest BCUT2D eigenvalue weighted by Gasteiger charge is -2.20. The van der Waals surface area contributed by atoms with Gasteiger partial charge in [-0.2, -0.15) is 0 Å². The molecule has 0 atom stereocenters. The first-order chi connectivity index (χ1) is 9.75. The minimum Gasteiger partial charge on any atom is -0.397 e. The number of anilines is 2. The molecule has 1 aromatic carbocycles. The molecule has 3 rings (SSSR count). The smallest absolute Gasteiger partial charge is 0.0951 e. The Kier molecular flexibility index (Phi) is 3.21. The highest BCUT2D eigenvalue weighted by atomic mass is 15.1. The van der Waals surface area contributed by atoms with Crippen LogP contribution in [-0.2, 0) is 6.54 Å². The van der Waals surface area contributed by atoms with Gasteiger partial charge in [-0.25, -0.2) is 0 Å². The van der Waals surface area contributed by atoms with Crippen LogP contribution in [0.2, 0.25) is 0 Å². The molecule has 20 heavy (non-hydrogen) atoms. The summed E-state index contributed by atoms with van der Waals surface area (Å²) in [6.45, 7) is 0.745. The van der Waals surface area contributed by atoms with E-state index in [-0.39, 0.29) is 0 Å². The van der Waals surface area contributed by atoms with Crippen LogP contribution in [0.4, 0.5) is 11.4 Å². The Balaban J connectivity index is 2.00. The number of hydrogen-bond donors (Lipinski definition) is 1. The maximum atomic E-state index is 5.98. The summed E-state index contributed by atoms with van der Waals surface area (Å²) in [5, 5.41) is 1.06. The number of nitrogen functional groups attached to an aromatic ring is 1. The summed E-state index contributed by atoms with van der Waals surface area (Å²) >= 11 is 0. The zero-order valence-corrected chi connectivity index (χ0v) is 11.3. The van der Waals surface area contributed by atoms with E-state index in [2.05, 4.69) is 14.9 Å². The minimum absolute atomic E-state index is 0.704. The average Bonchev–Trinajstić information content (AvgIpc) is 2.48. The number of nitrogens with two attached hydrogens (primary N) is 1. The lowest BCUT2D eigenvalue weighted by atomic mass is 10.1. The van der Waals surface area contributed by atoms with Gasteiger partial charge in [0.1, 0.15) is 0 Å². The SMILES string of the molecule is CN(Cc1ccccn1)c1ccnc2c(N)cccc12. The van der Waals surface area contributed by atoms with E-state index >= 15 is 0 Å². The Labute approximate surface area is 117 Å². The molecule has 0 radical (unpaired) electrons. The Bertz CT molecular complexity index is 725. The van der Waals surface area contributed by atoms with Crippen molar-refractivity contribution in [2.45, 2.75) is 6.54 Å². The van der Waals surface area contributed by atoms with E-state index < -0.39 is 0 Å². The van der Waals surface area contributed by atoms with Crippen LogP contribution >= 0.6 is 0 Å². The molecule has 0 spiro atoms. The molecule has 3 aromatic rings. The quantitative estimate of drug-likeness (QED) is 0.739. The van der Waals surface area contributed by atoms with Crippen molar-refractivity contribution >= 4 is 22.3 Å². The molecule has 4 heteroatoms. The van der Waals surface area contributed by atoms with Crippen molar-refractivity contribution in [3.05, 3.63) is 60.6 Å². The number of rotatable bonds is 3. The monoisotopic (exact) mass is 264 g/mol. The van der Waals surface area contributed by atoms with Crippen LogP contribution in [0.3, 0.4) is 0 Å². The first kappa shape index (κ1) is 12.4. The van der Waals surface area contributed by atoms with Crippen molar-refractivity contribution in [1.29, 1.82) is 0 Å². The van der Waals surface area contributed by atoms with Gasteiger partial charge in [-0.15, -0.1) is 0 Å². The van der Waals surface area contributed by atoms with Gasteiger partial charge < -0.3 is 10.6 Å². The number of nitrogens with zero attached hydrogens (tertiary/aromatic N) is 3. The van der Waals surface area contributed by atoms with Gasteiger partial charge in [0.15, 0.2) is 0 Å². The summed E-state index contributed by atoms with van der Waals surface area (Å²) < 4.78 is 0. The van der Waals surface area contributed by atoms with Gasteiger partial charge in [-0.05, 0) is 24.3 Å². The molecule has 0 aliphatic carbocycles. The fraction of sp³-hybridized carbons (Fsp3) is 0.125. The Hall–Kier alpha value is -2.62. The third-order valence-corrected chi connectivity index (χ3v) is 3.32. The highest BCUT2D eigenvalue weighted by Gasteiger charge is 2.09. The number of pyridine rings is 2. The normalized spacial score (nSPS) is 10.7. The fourth-order valence-corrected chi connectivity index (χ4v) is 2.34. The van der Waals surface area contributed by atoms with Crippen molar-refractivity contribution < 1.29 is 0 Å². The highest BCUT2D eigenvalue weighted by Crippen LogP contribution is 2.28. The second kappa shape index (κ2) is 5.17. The van der Waals surface area contributed by atoms with Gasteiger partial charge in [0.25, 0.3) is 0 Å².